The van der Waals surface area contributed by atoms with Crippen LogP contribution >= 0.6 is 0 Å². The Kier molecular flexibility index (Phi) is 7.93. The van der Waals surface area contributed by atoms with Gasteiger partial charge in [0.05, 0.1) is 6.61 Å². The molecule has 33 heavy (non-hydrogen) atoms. The van der Waals surface area contributed by atoms with Crippen LogP contribution in [0.3, 0.4) is 0 Å². The fourth-order valence-corrected chi connectivity index (χ4v) is 3.24. The Bertz CT molecular complexity index is 1090. The molecule has 0 unspecified atom stereocenters. The Labute approximate surface area is 190 Å². The monoisotopic (exact) mass is 451 g/mol. The first-order chi connectivity index (χ1) is 15.9. The maximum Gasteiger partial charge on any atom is 0.353 e. The molecular weight excluding hydrogens is 426 g/mol. The lowest BCUT2D eigenvalue weighted by molar-refractivity contribution is -0.153. The Morgan fingerprint density at radius 2 is 1.73 bits per heavy atom. The number of H-pyrrole nitrogens is 1. The molecule has 0 spiro atoms. The highest BCUT2D eigenvalue weighted by Gasteiger charge is 2.24. The molecule has 0 bridgehead atoms. The number of benzene rings is 2. The molecule has 3 aromatic rings. The number of aromatic nitrogens is 2. The van der Waals surface area contributed by atoms with Crippen LogP contribution in [0.1, 0.15) is 39.9 Å². The first-order valence-electron chi connectivity index (χ1n) is 10.5. The minimum atomic E-state index is -1.38. The summed E-state index contributed by atoms with van der Waals surface area (Å²) in [6, 6.07) is 18.7. The highest BCUT2D eigenvalue weighted by molar-refractivity contribution is 5.95. The second-order valence-electron chi connectivity index (χ2n) is 7.32. The van der Waals surface area contributed by atoms with E-state index in [0.29, 0.717) is 0 Å². The molecule has 0 aliphatic carbocycles. The van der Waals surface area contributed by atoms with Crippen molar-refractivity contribution in [3.05, 3.63) is 77.6 Å². The van der Waals surface area contributed by atoms with Crippen molar-refractivity contribution >= 4 is 17.8 Å². The van der Waals surface area contributed by atoms with Gasteiger partial charge in [0.15, 0.2) is 11.8 Å². The Morgan fingerprint density at radius 1 is 1.06 bits per heavy atom. The third kappa shape index (κ3) is 6.27. The van der Waals surface area contributed by atoms with Crippen molar-refractivity contribution < 1.29 is 29.3 Å². The summed E-state index contributed by atoms with van der Waals surface area (Å²) in [6.45, 7) is 1.99. The summed E-state index contributed by atoms with van der Waals surface area (Å²) in [4.78, 5) is 37.3. The quantitative estimate of drug-likeness (QED) is 0.404. The molecule has 9 heteroatoms. The molecule has 1 atom stereocenters. The molecule has 0 fully saturated rings. The number of carbonyl (C=O) groups is 3. The van der Waals surface area contributed by atoms with Gasteiger partial charge in [0.1, 0.15) is 5.69 Å². The lowest BCUT2D eigenvalue weighted by Crippen LogP contribution is -2.35. The molecular formula is C24H25N3O6. The van der Waals surface area contributed by atoms with Crippen molar-refractivity contribution in [1.82, 2.24) is 15.1 Å². The number of hydrogen-bond acceptors (Lipinski definition) is 6. The number of aliphatic hydroxyl groups is 1. The van der Waals surface area contributed by atoms with E-state index in [1.807, 2.05) is 54.6 Å². The molecule has 2 aromatic carbocycles. The number of hydrogen-bond donors (Lipinski definition) is 3. The average Bonchev–Trinajstić information content (AvgIpc) is 3.33. The van der Waals surface area contributed by atoms with Gasteiger partial charge in [-0.25, -0.2) is 9.59 Å². The second-order valence-corrected chi connectivity index (χ2v) is 7.32. The number of aromatic carboxylic acids is 1. The third-order valence-electron chi connectivity index (χ3n) is 4.98. The van der Waals surface area contributed by atoms with Gasteiger partial charge in [0.25, 0.3) is 5.91 Å². The summed E-state index contributed by atoms with van der Waals surface area (Å²) in [5.74, 6) is -2.52. The first kappa shape index (κ1) is 23.7. The fourth-order valence-electron chi connectivity index (χ4n) is 3.24. The summed E-state index contributed by atoms with van der Waals surface area (Å²) < 4.78 is 4.81. The average molecular weight is 451 g/mol. The number of aliphatic hydroxyl groups excluding tert-OH is 1. The molecule has 1 heterocycles. The van der Waals surface area contributed by atoms with Gasteiger partial charge in [-0.1, -0.05) is 54.6 Å². The zero-order valence-electron chi connectivity index (χ0n) is 18.1. The molecule has 172 valence electrons. The van der Waals surface area contributed by atoms with Crippen LogP contribution in [0, 0.1) is 0 Å². The molecule has 1 amide bonds. The van der Waals surface area contributed by atoms with Crippen LogP contribution in [-0.4, -0.2) is 62.4 Å². The van der Waals surface area contributed by atoms with Gasteiger partial charge < -0.3 is 19.8 Å². The third-order valence-corrected chi connectivity index (χ3v) is 4.98. The minimum absolute atomic E-state index is 0.0362. The normalized spacial score (nSPS) is 11.6. The van der Waals surface area contributed by atoms with Crippen molar-refractivity contribution in [2.24, 2.45) is 0 Å². The summed E-state index contributed by atoms with van der Waals surface area (Å²) in [5, 5.41) is 25.2. The predicted molar refractivity (Wildman–Crippen MR) is 119 cm³/mol. The number of carboxylic acid groups (broad SMARTS) is 1. The van der Waals surface area contributed by atoms with Crippen LogP contribution < -0.4 is 0 Å². The number of nitrogens with one attached hydrogen (secondary N) is 1. The van der Waals surface area contributed by atoms with Gasteiger partial charge in [0, 0.05) is 25.6 Å². The van der Waals surface area contributed by atoms with Gasteiger partial charge >= 0.3 is 11.9 Å². The Morgan fingerprint density at radius 3 is 2.33 bits per heavy atom. The van der Waals surface area contributed by atoms with E-state index in [4.69, 9.17) is 9.84 Å². The van der Waals surface area contributed by atoms with Crippen LogP contribution in [-0.2, 0) is 16.1 Å². The summed E-state index contributed by atoms with van der Waals surface area (Å²) in [6.07, 6.45) is -1.42. The topological polar surface area (TPSA) is 133 Å². The Hall–Kier alpha value is -3.98. The van der Waals surface area contributed by atoms with E-state index < -0.39 is 23.9 Å². The van der Waals surface area contributed by atoms with Gasteiger partial charge in [-0.2, -0.15) is 5.10 Å². The second kappa shape index (κ2) is 11.1. The molecule has 0 aliphatic heterocycles. The number of aromatic amines is 1. The first-order valence-corrected chi connectivity index (χ1v) is 10.5. The highest BCUT2D eigenvalue weighted by Crippen LogP contribution is 2.20. The summed E-state index contributed by atoms with van der Waals surface area (Å²) in [5.41, 5.74) is 2.62. The number of ether oxygens (including phenoxy) is 1. The van der Waals surface area contributed by atoms with Gasteiger partial charge in [-0.15, -0.1) is 0 Å². The highest BCUT2D eigenvalue weighted by atomic mass is 16.5. The minimum Gasteiger partial charge on any atom is -0.477 e. The van der Waals surface area contributed by atoms with E-state index in [1.54, 1.807) is 6.92 Å². The van der Waals surface area contributed by atoms with Crippen LogP contribution in [0.2, 0.25) is 0 Å². The van der Waals surface area contributed by atoms with Crippen molar-refractivity contribution in [2.75, 3.05) is 13.2 Å². The zero-order valence-corrected chi connectivity index (χ0v) is 18.1. The molecule has 1 aromatic heterocycles. The summed E-state index contributed by atoms with van der Waals surface area (Å²) in [7, 11) is 0. The number of rotatable bonds is 10. The predicted octanol–water partition coefficient (Wildman–Crippen LogP) is 2.73. The van der Waals surface area contributed by atoms with E-state index in [9.17, 15) is 19.5 Å². The molecule has 0 saturated carbocycles. The number of esters is 1. The van der Waals surface area contributed by atoms with Crippen LogP contribution in [0.25, 0.3) is 11.1 Å². The molecule has 0 saturated heterocycles. The van der Waals surface area contributed by atoms with Crippen molar-refractivity contribution in [1.29, 1.82) is 0 Å². The molecule has 0 aliphatic rings. The molecule has 3 rings (SSSR count). The maximum atomic E-state index is 13.0. The lowest BCUT2D eigenvalue weighted by atomic mass is 10.0. The fraction of sp³-hybridized carbons (Fsp3) is 0.250. The largest absolute Gasteiger partial charge is 0.477 e. The number of carboxylic acids is 1. The Balaban J connectivity index is 1.77. The van der Waals surface area contributed by atoms with E-state index in [1.165, 1.54) is 4.90 Å². The van der Waals surface area contributed by atoms with Gasteiger partial charge in [0.2, 0.25) is 0 Å². The summed E-state index contributed by atoms with van der Waals surface area (Å²) >= 11 is 0. The lowest BCUT2D eigenvalue weighted by Gasteiger charge is -2.23. The van der Waals surface area contributed by atoms with Crippen LogP contribution in [0.5, 0.6) is 0 Å². The molecule has 9 nitrogen and oxygen atoms in total. The van der Waals surface area contributed by atoms with E-state index in [-0.39, 0.29) is 37.5 Å². The van der Waals surface area contributed by atoms with Crippen molar-refractivity contribution in [2.45, 2.75) is 26.0 Å². The molecule has 0 radical (unpaired) electrons. The number of nitrogens with zero attached hydrogens (tertiary/aromatic N) is 2. The van der Waals surface area contributed by atoms with Crippen molar-refractivity contribution in [3.63, 3.8) is 0 Å². The number of carbonyl (C=O) groups excluding carboxylic acids is 2. The maximum absolute atomic E-state index is 13.0. The van der Waals surface area contributed by atoms with E-state index >= 15 is 0 Å². The van der Waals surface area contributed by atoms with Crippen LogP contribution in [0.4, 0.5) is 0 Å². The van der Waals surface area contributed by atoms with Gasteiger partial charge in [-0.3, -0.25) is 9.89 Å². The zero-order chi connectivity index (χ0) is 23.8. The SMILES string of the molecule is CCOC(=O)[C@H](O)CCN(Cc1ccc(-c2ccccc2)cc1)C(=O)c1cc(C(=O)O)[nH]n1. The number of amides is 1. The van der Waals surface area contributed by atoms with Gasteiger partial charge in [-0.05, 0) is 23.6 Å². The smallest absolute Gasteiger partial charge is 0.353 e. The van der Waals surface area contributed by atoms with Crippen molar-refractivity contribution in [3.8, 4) is 11.1 Å². The van der Waals surface area contributed by atoms with E-state index in [2.05, 4.69) is 10.2 Å². The molecule has 3 N–H and O–H groups in total. The standard InChI is InChI=1S/C24H25N3O6/c1-2-33-24(32)21(28)12-13-27(22(29)19-14-20(23(30)31)26-25-19)15-16-8-10-18(11-9-16)17-6-4-3-5-7-17/h3-11,14,21,28H,2,12-13,15H2,1H3,(H,25,26)(H,30,31)/t21-/m1/s1. The van der Waals surface area contributed by atoms with Crippen LogP contribution in [0.15, 0.2) is 60.7 Å². The van der Waals surface area contributed by atoms with E-state index in [0.717, 1.165) is 22.8 Å².